The third kappa shape index (κ3) is 1.74. The molecular weight excluding hydrogens is 229 g/mol. The predicted octanol–water partition coefficient (Wildman–Crippen LogP) is 4.13. The Kier molecular flexibility index (Phi) is 2.33. The van der Waals surface area contributed by atoms with E-state index in [9.17, 15) is 4.39 Å². The van der Waals surface area contributed by atoms with E-state index in [4.69, 9.17) is 10.2 Å². The van der Waals surface area contributed by atoms with Crippen LogP contribution in [0, 0.1) is 12.7 Å². The number of aryl methyl sites for hydroxylation is 1. The van der Waals surface area contributed by atoms with Gasteiger partial charge in [0.2, 0.25) is 0 Å². The number of rotatable bonds is 1. The van der Waals surface area contributed by atoms with Crippen LogP contribution < -0.4 is 5.73 Å². The fraction of sp³-hybridized carbons (Fsp3) is 0.0667. The molecule has 0 unspecified atom stereocenters. The summed E-state index contributed by atoms with van der Waals surface area (Å²) in [5, 5.41) is 0.756. The van der Waals surface area contributed by atoms with Crippen molar-refractivity contribution in [2.45, 2.75) is 6.92 Å². The van der Waals surface area contributed by atoms with E-state index in [0.717, 1.165) is 16.5 Å². The van der Waals surface area contributed by atoms with Gasteiger partial charge in [0.05, 0.1) is 0 Å². The molecule has 3 heteroatoms. The van der Waals surface area contributed by atoms with Crippen LogP contribution in [0.2, 0.25) is 0 Å². The number of benzene rings is 2. The van der Waals surface area contributed by atoms with Crippen molar-refractivity contribution in [3.8, 4) is 11.3 Å². The number of hydrogen-bond donors (Lipinski definition) is 1. The SMILES string of the molecule is Cc1ccc(N)cc1-c1cc2cc(F)ccc2o1. The number of anilines is 1. The second-order valence-corrected chi connectivity index (χ2v) is 4.37. The highest BCUT2D eigenvalue weighted by Crippen LogP contribution is 2.31. The molecule has 0 atom stereocenters. The summed E-state index contributed by atoms with van der Waals surface area (Å²) >= 11 is 0. The zero-order valence-corrected chi connectivity index (χ0v) is 9.91. The fourth-order valence-electron chi connectivity index (χ4n) is 2.05. The quantitative estimate of drug-likeness (QED) is 0.650. The van der Waals surface area contributed by atoms with Gasteiger partial charge >= 0.3 is 0 Å². The first kappa shape index (κ1) is 10.8. The molecule has 0 aliphatic heterocycles. The molecule has 1 heterocycles. The molecule has 0 saturated heterocycles. The van der Waals surface area contributed by atoms with Crippen molar-refractivity contribution in [2.75, 3.05) is 5.73 Å². The molecule has 0 radical (unpaired) electrons. The molecule has 2 nitrogen and oxygen atoms in total. The highest BCUT2D eigenvalue weighted by atomic mass is 19.1. The Morgan fingerprint density at radius 1 is 1.06 bits per heavy atom. The molecule has 0 aliphatic carbocycles. The first-order chi connectivity index (χ1) is 8.63. The number of nitrogens with two attached hydrogens (primary N) is 1. The normalized spacial score (nSPS) is 11.0. The van der Waals surface area contributed by atoms with E-state index in [2.05, 4.69) is 0 Å². The zero-order chi connectivity index (χ0) is 12.7. The smallest absolute Gasteiger partial charge is 0.135 e. The molecule has 0 amide bonds. The molecular formula is C15H12FNO. The standard InChI is InChI=1S/C15H12FNO/c1-9-2-4-12(17)8-13(9)15-7-10-6-11(16)3-5-14(10)18-15/h2-8H,17H2,1H3. The second kappa shape index (κ2) is 3.88. The number of hydrogen-bond acceptors (Lipinski definition) is 2. The van der Waals surface area contributed by atoms with E-state index < -0.39 is 0 Å². The molecule has 3 rings (SSSR count). The van der Waals surface area contributed by atoms with Crippen LogP contribution in [-0.2, 0) is 0 Å². The van der Waals surface area contributed by atoms with Crippen molar-refractivity contribution in [2.24, 2.45) is 0 Å². The van der Waals surface area contributed by atoms with E-state index in [0.29, 0.717) is 17.0 Å². The first-order valence-corrected chi connectivity index (χ1v) is 5.69. The summed E-state index contributed by atoms with van der Waals surface area (Å²) in [6, 6.07) is 12.0. The maximum Gasteiger partial charge on any atom is 0.135 e. The van der Waals surface area contributed by atoms with E-state index in [-0.39, 0.29) is 5.82 Å². The van der Waals surface area contributed by atoms with E-state index >= 15 is 0 Å². The Bertz CT molecular complexity index is 730. The lowest BCUT2D eigenvalue weighted by Gasteiger charge is -2.03. The van der Waals surface area contributed by atoms with Gasteiger partial charge in [-0.3, -0.25) is 0 Å². The number of halogens is 1. The fourth-order valence-corrected chi connectivity index (χ4v) is 2.05. The average molecular weight is 241 g/mol. The van der Waals surface area contributed by atoms with E-state index in [1.54, 1.807) is 6.07 Å². The summed E-state index contributed by atoms with van der Waals surface area (Å²) in [7, 11) is 0. The Morgan fingerprint density at radius 2 is 1.89 bits per heavy atom. The summed E-state index contributed by atoms with van der Waals surface area (Å²) < 4.78 is 18.9. The van der Waals surface area contributed by atoms with Crippen LogP contribution in [0.3, 0.4) is 0 Å². The molecule has 0 spiro atoms. The van der Waals surface area contributed by atoms with Gasteiger partial charge in [-0.1, -0.05) is 6.07 Å². The van der Waals surface area contributed by atoms with Crippen LogP contribution in [0.15, 0.2) is 46.9 Å². The van der Waals surface area contributed by atoms with Crippen LogP contribution in [0.5, 0.6) is 0 Å². The van der Waals surface area contributed by atoms with Crippen LogP contribution in [-0.4, -0.2) is 0 Å². The highest BCUT2D eigenvalue weighted by Gasteiger charge is 2.09. The summed E-state index contributed by atoms with van der Waals surface area (Å²) in [4.78, 5) is 0. The van der Waals surface area contributed by atoms with Gasteiger partial charge in [0.1, 0.15) is 17.2 Å². The molecule has 90 valence electrons. The van der Waals surface area contributed by atoms with Gasteiger partial charge in [-0.15, -0.1) is 0 Å². The van der Waals surface area contributed by atoms with Crippen molar-refractivity contribution in [3.63, 3.8) is 0 Å². The molecule has 1 aromatic heterocycles. The Labute approximate surface area is 104 Å². The molecule has 2 aromatic carbocycles. The topological polar surface area (TPSA) is 39.2 Å². The minimum atomic E-state index is -0.265. The van der Waals surface area contributed by atoms with Crippen LogP contribution >= 0.6 is 0 Å². The zero-order valence-electron chi connectivity index (χ0n) is 9.91. The predicted molar refractivity (Wildman–Crippen MR) is 70.8 cm³/mol. The molecule has 0 aliphatic rings. The number of fused-ring (bicyclic) bond motifs is 1. The Hall–Kier alpha value is -2.29. The largest absolute Gasteiger partial charge is 0.456 e. The first-order valence-electron chi connectivity index (χ1n) is 5.69. The third-order valence-corrected chi connectivity index (χ3v) is 3.01. The monoisotopic (exact) mass is 241 g/mol. The van der Waals surface area contributed by atoms with Gasteiger partial charge in [0.25, 0.3) is 0 Å². The van der Waals surface area contributed by atoms with Gasteiger partial charge in [0, 0.05) is 16.6 Å². The minimum absolute atomic E-state index is 0.265. The number of nitrogen functional groups attached to an aromatic ring is 1. The number of furan rings is 1. The maximum absolute atomic E-state index is 13.1. The van der Waals surface area contributed by atoms with Gasteiger partial charge in [-0.25, -0.2) is 4.39 Å². The summed E-state index contributed by atoms with van der Waals surface area (Å²) in [5.41, 5.74) is 9.15. The van der Waals surface area contributed by atoms with E-state index in [1.165, 1.54) is 12.1 Å². The van der Waals surface area contributed by atoms with Crippen molar-refractivity contribution < 1.29 is 8.81 Å². The lowest BCUT2D eigenvalue weighted by molar-refractivity contribution is 0.619. The molecule has 0 saturated carbocycles. The third-order valence-electron chi connectivity index (χ3n) is 3.01. The van der Waals surface area contributed by atoms with Crippen molar-refractivity contribution in [1.82, 2.24) is 0 Å². The summed E-state index contributed by atoms with van der Waals surface area (Å²) in [6.45, 7) is 1.99. The molecule has 2 N–H and O–H groups in total. The van der Waals surface area contributed by atoms with Gasteiger partial charge in [0.15, 0.2) is 0 Å². The van der Waals surface area contributed by atoms with Crippen LogP contribution in [0.1, 0.15) is 5.56 Å². The molecule has 18 heavy (non-hydrogen) atoms. The molecule has 0 fully saturated rings. The molecule has 0 bridgehead atoms. The van der Waals surface area contributed by atoms with Crippen LogP contribution in [0.4, 0.5) is 10.1 Å². The summed E-state index contributed by atoms with van der Waals surface area (Å²) in [6.07, 6.45) is 0. The van der Waals surface area contributed by atoms with E-state index in [1.807, 2.05) is 31.2 Å². The maximum atomic E-state index is 13.1. The average Bonchev–Trinajstić information content (AvgIpc) is 2.74. The van der Waals surface area contributed by atoms with Gasteiger partial charge in [-0.05, 0) is 48.9 Å². The van der Waals surface area contributed by atoms with Crippen molar-refractivity contribution in [3.05, 3.63) is 53.8 Å². The second-order valence-electron chi connectivity index (χ2n) is 4.37. The Balaban J connectivity index is 2.22. The highest BCUT2D eigenvalue weighted by molar-refractivity contribution is 5.84. The lowest BCUT2D eigenvalue weighted by Crippen LogP contribution is -1.87. The van der Waals surface area contributed by atoms with Crippen LogP contribution in [0.25, 0.3) is 22.3 Å². The minimum Gasteiger partial charge on any atom is -0.456 e. The molecule has 3 aromatic rings. The van der Waals surface area contributed by atoms with Crippen molar-refractivity contribution >= 4 is 16.7 Å². The van der Waals surface area contributed by atoms with Gasteiger partial charge in [-0.2, -0.15) is 0 Å². The summed E-state index contributed by atoms with van der Waals surface area (Å²) in [5.74, 6) is 0.444. The van der Waals surface area contributed by atoms with Crippen molar-refractivity contribution in [1.29, 1.82) is 0 Å². The lowest BCUT2D eigenvalue weighted by atomic mass is 10.1. The Morgan fingerprint density at radius 3 is 2.72 bits per heavy atom. The van der Waals surface area contributed by atoms with Gasteiger partial charge < -0.3 is 10.2 Å².